The Kier molecular flexibility index (Phi) is 7.10. The molecule has 4 rings (SSSR count). The second-order valence-corrected chi connectivity index (χ2v) is 9.36. The van der Waals surface area contributed by atoms with E-state index < -0.39 is 27.7 Å². The Morgan fingerprint density at radius 1 is 1.03 bits per heavy atom. The summed E-state index contributed by atoms with van der Waals surface area (Å²) in [5.74, 6) is -2.51. The van der Waals surface area contributed by atoms with Crippen LogP contribution in [0.5, 0.6) is 5.75 Å². The standard InChI is InChI=1S/C23H21F3N6O3S/c1-13(15-3-6-17(24)7-4-15)35-20-11-16(5-8-18(20)32-36(33,34)23(25)26)19-12-22(31-30-19)29-21-9-10-27-14(2)28-21/h3-13,23,32H,1-2H3,(H2,27,28,29,30,31)/t13-/m0/s1. The van der Waals surface area contributed by atoms with Crippen LogP contribution in [0.2, 0.25) is 0 Å². The van der Waals surface area contributed by atoms with Gasteiger partial charge in [-0.15, -0.1) is 0 Å². The highest BCUT2D eigenvalue weighted by atomic mass is 32.2. The van der Waals surface area contributed by atoms with E-state index in [1.54, 1.807) is 32.2 Å². The van der Waals surface area contributed by atoms with E-state index in [-0.39, 0.29) is 11.4 Å². The number of nitrogens with zero attached hydrogens (tertiary/aromatic N) is 3. The molecule has 0 radical (unpaired) electrons. The van der Waals surface area contributed by atoms with Crippen molar-refractivity contribution < 1.29 is 26.3 Å². The summed E-state index contributed by atoms with van der Waals surface area (Å²) in [6, 6.07) is 13.2. The number of alkyl halides is 2. The average Bonchev–Trinajstić information content (AvgIpc) is 3.28. The molecule has 36 heavy (non-hydrogen) atoms. The van der Waals surface area contributed by atoms with E-state index in [2.05, 4.69) is 25.5 Å². The monoisotopic (exact) mass is 518 g/mol. The average molecular weight is 519 g/mol. The van der Waals surface area contributed by atoms with Crippen molar-refractivity contribution in [3.63, 3.8) is 0 Å². The van der Waals surface area contributed by atoms with E-state index in [0.717, 1.165) is 0 Å². The molecule has 0 spiro atoms. The first-order valence-electron chi connectivity index (χ1n) is 10.6. The van der Waals surface area contributed by atoms with Crippen molar-refractivity contribution in [3.05, 3.63) is 78.0 Å². The zero-order valence-electron chi connectivity index (χ0n) is 19.0. The summed E-state index contributed by atoms with van der Waals surface area (Å²) in [6.45, 7) is 3.41. The second-order valence-electron chi connectivity index (χ2n) is 7.71. The first-order chi connectivity index (χ1) is 17.1. The predicted molar refractivity (Wildman–Crippen MR) is 128 cm³/mol. The van der Waals surface area contributed by atoms with Crippen LogP contribution in [-0.2, 0) is 10.0 Å². The molecule has 0 aliphatic rings. The first kappa shape index (κ1) is 25.0. The fourth-order valence-corrected chi connectivity index (χ4v) is 3.82. The lowest BCUT2D eigenvalue weighted by molar-refractivity contribution is 0.228. The lowest BCUT2D eigenvalue weighted by Crippen LogP contribution is -2.21. The van der Waals surface area contributed by atoms with Gasteiger partial charge in [-0.1, -0.05) is 18.2 Å². The number of sulfonamides is 1. The van der Waals surface area contributed by atoms with Crippen LogP contribution in [0.15, 0.2) is 60.8 Å². The Balaban J connectivity index is 1.64. The van der Waals surface area contributed by atoms with Crippen molar-refractivity contribution in [2.45, 2.75) is 25.7 Å². The number of anilines is 3. The number of aromatic amines is 1. The number of halogens is 3. The maximum atomic E-state index is 13.3. The fraction of sp³-hybridized carbons (Fsp3) is 0.174. The minimum atomic E-state index is -4.95. The summed E-state index contributed by atoms with van der Waals surface area (Å²) in [4.78, 5) is 8.28. The maximum absolute atomic E-state index is 13.3. The topological polar surface area (TPSA) is 122 Å². The van der Waals surface area contributed by atoms with Gasteiger partial charge in [0.1, 0.15) is 29.3 Å². The third-order valence-corrected chi connectivity index (χ3v) is 6.01. The molecule has 4 aromatic rings. The van der Waals surface area contributed by atoms with Gasteiger partial charge >= 0.3 is 5.76 Å². The highest BCUT2D eigenvalue weighted by molar-refractivity contribution is 7.93. The molecule has 0 saturated carbocycles. The molecular weight excluding hydrogens is 497 g/mol. The summed E-state index contributed by atoms with van der Waals surface area (Å²) in [6.07, 6.45) is 0.944. The fourth-order valence-electron chi connectivity index (χ4n) is 3.25. The van der Waals surface area contributed by atoms with Crippen LogP contribution in [0.4, 0.5) is 30.5 Å². The number of benzene rings is 2. The highest BCUT2D eigenvalue weighted by Gasteiger charge is 2.26. The third kappa shape index (κ3) is 5.92. The van der Waals surface area contributed by atoms with Gasteiger partial charge in [-0.3, -0.25) is 9.82 Å². The molecule has 0 aliphatic carbocycles. The Morgan fingerprint density at radius 2 is 1.78 bits per heavy atom. The largest absolute Gasteiger partial charge is 0.484 e. The molecule has 2 aromatic carbocycles. The number of hydrogen-bond acceptors (Lipinski definition) is 7. The van der Waals surface area contributed by atoms with Crippen molar-refractivity contribution in [3.8, 4) is 17.0 Å². The second kappa shape index (κ2) is 10.2. The molecule has 0 fully saturated rings. The number of ether oxygens (including phenoxy) is 1. The number of nitrogens with one attached hydrogen (secondary N) is 3. The summed E-state index contributed by atoms with van der Waals surface area (Å²) < 4.78 is 70.7. The molecule has 188 valence electrons. The molecule has 0 amide bonds. The Labute approximate surface area is 204 Å². The zero-order valence-corrected chi connectivity index (χ0v) is 19.9. The smallest absolute Gasteiger partial charge is 0.355 e. The molecule has 13 heteroatoms. The van der Waals surface area contributed by atoms with E-state index in [1.807, 2.05) is 4.72 Å². The van der Waals surface area contributed by atoms with E-state index >= 15 is 0 Å². The van der Waals surface area contributed by atoms with Crippen molar-refractivity contribution in [2.24, 2.45) is 0 Å². The highest BCUT2D eigenvalue weighted by Crippen LogP contribution is 2.35. The molecule has 2 aromatic heterocycles. The number of aromatic nitrogens is 4. The van der Waals surface area contributed by atoms with Gasteiger partial charge in [0.25, 0.3) is 10.0 Å². The van der Waals surface area contributed by atoms with Crippen LogP contribution in [0, 0.1) is 12.7 Å². The molecule has 1 atom stereocenters. The van der Waals surface area contributed by atoms with Crippen LogP contribution in [0.1, 0.15) is 24.4 Å². The normalized spacial score (nSPS) is 12.4. The molecule has 9 nitrogen and oxygen atoms in total. The SMILES string of the molecule is Cc1nccc(Nc2cc(-c3ccc(NS(=O)(=O)C(F)F)c(O[C@@H](C)c4ccc(F)cc4)c3)[nH]n2)n1. The van der Waals surface area contributed by atoms with Gasteiger partial charge in [0.15, 0.2) is 5.82 Å². The van der Waals surface area contributed by atoms with Gasteiger partial charge in [0.05, 0.1) is 11.4 Å². The summed E-state index contributed by atoms with van der Waals surface area (Å²) in [5.41, 5.74) is 1.49. The lowest BCUT2D eigenvalue weighted by Gasteiger charge is -2.19. The van der Waals surface area contributed by atoms with E-state index in [1.165, 1.54) is 42.5 Å². The van der Waals surface area contributed by atoms with E-state index in [0.29, 0.717) is 34.3 Å². The van der Waals surface area contributed by atoms with Crippen LogP contribution in [0.3, 0.4) is 0 Å². The maximum Gasteiger partial charge on any atom is 0.355 e. The number of rotatable bonds is 9. The van der Waals surface area contributed by atoms with Gasteiger partial charge in [-0.2, -0.15) is 13.9 Å². The Hall–Kier alpha value is -4.13. The quantitative estimate of drug-likeness (QED) is 0.280. The summed E-state index contributed by atoms with van der Waals surface area (Å²) in [7, 11) is -4.95. The lowest BCUT2D eigenvalue weighted by atomic mass is 10.1. The van der Waals surface area contributed by atoms with Crippen LogP contribution >= 0.6 is 0 Å². The molecule has 0 bridgehead atoms. The molecule has 0 unspecified atom stereocenters. The number of H-pyrrole nitrogens is 1. The van der Waals surface area contributed by atoms with Crippen molar-refractivity contribution in [1.82, 2.24) is 20.2 Å². The van der Waals surface area contributed by atoms with Crippen molar-refractivity contribution >= 4 is 27.3 Å². The predicted octanol–water partition coefficient (Wildman–Crippen LogP) is 5.16. The molecule has 3 N–H and O–H groups in total. The van der Waals surface area contributed by atoms with Crippen LogP contribution in [-0.4, -0.2) is 34.3 Å². The van der Waals surface area contributed by atoms with Crippen LogP contribution < -0.4 is 14.8 Å². The van der Waals surface area contributed by atoms with Gasteiger partial charge in [0.2, 0.25) is 0 Å². The summed E-state index contributed by atoms with van der Waals surface area (Å²) in [5, 5.41) is 10.1. The minimum absolute atomic E-state index is 0.0101. The van der Waals surface area contributed by atoms with E-state index in [4.69, 9.17) is 4.74 Å². The Bertz CT molecular complexity index is 1460. The minimum Gasteiger partial charge on any atom is -0.484 e. The third-order valence-electron chi connectivity index (χ3n) is 5.03. The number of hydrogen-bond donors (Lipinski definition) is 3. The first-order valence-corrected chi connectivity index (χ1v) is 12.1. The van der Waals surface area contributed by atoms with Crippen LogP contribution in [0.25, 0.3) is 11.3 Å². The number of aryl methyl sites for hydroxylation is 1. The molecule has 2 heterocycles. The van der Waals surface area contributed by atoms with Gasteiger partial charge in [0, 0.05) is 17.8 Å². The molecular formula is C23H21F3N6O3S. The summed E-state index contributed by atoms with van der Waals surface area (Å²) >= 11 is 0. The van der Waals surface area contributed by atoms with Gasteiger partial charge in [-0.05, 0) is 49.7 Å². The Morgan fingerprint density at radius 3 is 2.47 bits per heavy atom. The molecule has 0 saturated heterocycles. The van der Waals surface area contributed by atoms with Gasteiger partial charge < -0.3 is 10.1 Å². The van der Waals surface area contributed by atoms with Crippen molar-refractivity contribution in [2.75, 3.05) is 10.0 Å². The zero-order chi connectivity index (χ0) is 25.9. The van der Waals surface area contributed by atoms with Crippen molar-refractivity contribution in [1.29, 1.82) is 0 Å². The van der Waals surface area contributed by atoms with E-state index in [9.17, 15) is 21.6 Å². The molecule has 0 aliphatic heterocycles. The van der Waals surface area contributed by atoms with Gasteiger partial charge in [-0.25, -0.2) is 22.8 Å².